The average molecular weight is 472 g/mol. The van der Waals surface area contributed by atoms with E-state index in [2.05, 4.69) is 41.0 Å². The second kappa shape index (κ2) is 7.83. The Balaban J connectivity index is 1.35. The summed E-state index contributed by atoms with van der Waals surface area (Å²) in [4.78, 5) is 39.2. The van der Waals surface area contributed by atoms with E-state index in [1.807, 2.05) is 0 Å². The molecule has 0 unspecified atom stereocenters. The van der Waals surface area contributed by atoms with Crippen LogP contribution in [0.1, 0.15) is 40.3 Å². The molecule has 0 aliphatic carbocycles. The molecule has 14 heteroatoms. The molecule has 3 amide bonds. The minimum absolute atomic E-state index is 0.0850. The van der Waals surface area contributed by atoms with Crippen LogP contribution < -0.4 is 16.0 Å². The summed E-state index contributed by atoms with van der Waals surface area (Å²) in [5.41, 5.74) is 0.515. The predicted octanol–water partition coefficient (Wildman–Crippen LogP) is 3.15. The Bertz CT molecular complexity index is 1430. The van der Waals surface area contributed by atoms with Gasteiger partial charge in [0, 0.05) is 11.6 Å². The molecular formula is C20H15F3N8O3. The Kier molecular flexibility index (Phi) is 4.92. The first-order valence-corrected chi connectivity index (χ1v) is 9.92. The van der Waals surface area contributed by atoms with Crippen LogP contribution in [-0.2, 0) is 12.7 Å². The number of alkyl halides is 3. The van der Waals surface area contributed by atoms with Crippen molar-refractivity contribution in [1.29, 1.82) is 0 Å². The molecule has 3 aromatic heterocycles. The number of carbonyl (C=O) groups excluding carboxylic acids is 2. The molecule has 0 saturated carbocycles. The van der Waals surface area contributed by atoms with Crippen LogP contribution in [0.4, 0.5) is 23.8 Å². The van der Waals surface area contributed by atoms with Crippen molar-refractivity contribution in [3.63, 3.8) is 0 Å². The maximum absolute atomic E-state index is 12.9. The van der Waals surface area contributed by atoms with Crippen molar-refractivity contribution in [3.8, 4) is 11.5 Å². The zero-order chi connectivity index (χ0) is 24.0. The average Bonchev–Trinajstić information content (AvgIpc) is 3.44. The number of rotatable bonds is 4. The van der Waals surface area contributed by atoms with Crippen molar-refractivity contribution in [2.45, 2.75) is 25.7 Å². The second-order valence-corrected chi connectivity index (χ2v) is 7.48. The van der Waals surface area contributed by atoms with Crippen molar-refractivity contribution in [3.05, 3.63) is 53.2 Å². The topological polar surface area (TPSA) is 151 Å². The molecule has 1 aromatic carbocycles. The minimum atomic E-state index is -4.47. The number of carbonyl (C=O) groups is 2. The van der Waals surface area contributed by atoms with Crippen LogP contribution in [0.15, 0.2) is 35.1 Å². The van der Waals surface area contributed by atoms with Crippen LogP contribution in [0.3, 0.4) is 0 Å². The molecule has 0 radical (unpaired) electrons. The lowest BCUT2D eigenvalue weighted by atomic mass is 10.1. The Labute approximate surface area is 188 Å². The van der Waals surface area contributed by atoms with Crippen LogP contribution in [0.5, 0.6) is 0 Å². The van der Waals surface area contributed by atoms with Gasteiger partial charge in [-0.15, -0.1) is 0 Å². The van der Waals surface area contributed by atoms with Gasteiger partial charge in [-0.05, 0) is 25.1 Å². The zero-order valence-corrected chi connectivity index (χ0v) is 17.3. The SMILES string of the molecule is C[C@@H](NC(=O)c1ncnc2c1CNC(=O)N2)c1cc(-c2nc3ccc(C(F)(F)F)cc3[nH]2)no1. The fourth-order valence-corrected chi connectivity index (χ4v) is 3.45. The van der Waals surface area contributed by atoms with Crippen molar-refractivity contribution in [2.75, 3.05) is 5.32 Å². The number of nitrogens with one attached hydrogen (secondary N) is 4. The summed E-state index contributed by atoms with van der Waals surface area (Å²) in [7, 11) is 0. The summed E-state index contributed by atoms with van der Waals surface area (Å²) in [6.07, 6.45) is -3.30. The van der Waals surface area contributed by atoms with Crippen LogP contribution in [0.25, 0.3) is 22.6 Å². The highest BCUT2D eigenvalue weighted by Gasteiger charge is 2.31. The second-order valence-electron chi connectivity index (χ2n) is 7.48. The third-order valence-corrected chi connectivity index (χ3v) is 5.17. The number of anilines is 1. The molecule has 11 nitrogen and oxygen atoms in total. The molecule has 0 saturated heterocycles. The summed E-state index contributed by atoms with van der Waals surface area (Å²) < 4.78 is 44.2. The predicted molar refractivity (Wildman–Crippen MR) is 110 cm³/mol. The number of aromatic amines is 1. The number of urea groups is 1. The fourth-order valence-electron chi connectivity index (χ4n) is 3.45. The van der Waals surface area contributed by atoms with Gasteiger partial charge < -0.3 is 20.1 Å². The van der Waals surface area contributed by atoms with Gasteiger partial charge in [-0.3, -0.25) is 10.1 Å². The van der Waals surface area contributed by atoms with Gasteiger partial charge in [0.15, 0.2) is 11.6 Å². The number of H-pyrrole nitrogens is 1. The highest BCUT2D eigenvalue weighted by molar-refractivity contribution is 5.98. The number of amides is 3. The van der Waals surface area contributed by atoms with Gasteiger partial charge in [-0.1, -0.05) is 5.16 Å². The quantitative estimate of drug-likeness (QED) is 0.356. The van der Waals surface area contributed by atoms with Gasteiger partial charge in [0.05, 0.1) is 29.2 Å². The Morgan fingerprint density at radius 1 is 1.24 bits per heavy atom. The maximum Gasteiger partial charge on any atom is 0.416 e. The van der Waals surface area contributed by atoms with Crippen LogP contribution in [0, 0.1) is 0 Å². The molecular weight excluding hydrogens is 457 g/mol. The first kappa shape index (κ1) is 21.4. The number of nitrogens with zero attached hydrogens (tertiary/aromatic N) is 4. The van der Waals surface area contributed by atoms with Crippen molar-refractivity contribution in [2.24, 2.45) is 0 Å². The zero-order valence-electron chi connectivity index (χ0n) is 17.3. The summed E-state index contributed by atoms with van der Waals surface area (Å²) in [6, 6.07) is 3.64. The normalized spacial score (nSPS) is 14.3. The number of benzene rings is 1. The largest absolute Gasteiger partial charge is 0.416 e. The third-order valence-electron chi connectivity index (χ3n) is 5.17. The first-order chi connectivity index (χ1) is 16.2. The Morgan fingerprint density at radius 3 is 2.85 bits per heavy atom. The van der Waals surface area contributed by atoms with E-state index in [0.29, 0.717) is 11.1 Å². The Morgan fingerprint density at radius 2 is 2.06 bits per heavy atom. The molecule has 4 N–H and O–H groups in total. The van der Waals surface area contributed by atoms with E-state index in [1.165, 1.54) is 18.5 Å². The van der Waals surface area contributed by atoms with E-state index >= 15 is 0 Å². The van der Waals surface area contributed by atoms with Gasteiger partial charge in [-0.2, -0.15) is 13.2 Å². The highest BCUT2D eigenvalue weighted by Crippen LogP contribution is 2.32. The van der Waals surface area contributed by atoms with Gasteiger partial charge >= 0.3 is 12.2 Å². The number of aromatic nitrogens is 5. The Hall–Kier alpha value is -4.49. The first-order valence-electron chi connectivity index (χ1n) is 9.92. The lowest BCUT2D eigenvalue weighted by molar-refractivity contribution is -0.137. The van der Waals surface area contributed by atoms with Gasteiger partial charge in [0.25, 0.3) is 5.91 Å². The van der Waals surface area contributed by atoms with E-state index < -0.39 is 29.7 Å². The van der Waals surface area contributed by atoms with Crippen molar-refractivity contribution in [1.82, 2.24) is 35.7 Å². The molecule has 174 valence electrons. The van der Waals surface area contributed by atoms with Crippen LogP contribution in [0.2, 0.25) is 0 Å². The number of fused-ring (bicyclic) bond motifs is 2. The molecule has 1 atom stereocenters. The molecule has 1 aliphatic heterocycles. The van der Waals surface area contributed by atoms with Gasteiger partial charge in [0.1, 0.15) is 23.5 Å². The van der Waals surface area contributed by atoms with E-state index in [1.54, 1.807) is 6.92 Å². The molecule has 0 bridgehead atoms. The smallest absolute Gasteiger partial charge is 0.358 e. The highest BCUT2D eigenvalue weighted by atomic mass is 19.4. The molecule has 1 aliphatic rings. The number of halogens is 3. The number of imidazole rings is 1. The summed E-state index contributed by atoms with van der Waals surface area (Å²) >= 11 is 0. The lowest BCUT2D eigenvalue weighted by Crippen LogP contribution is -2.37. The summed E-state index contributed by atoms with van der Waals surface area (Å²) in [5.74, 6) is 0.228. The van der Waals surface area contributed by atoms with Crippen molar-refractivity contribution >= 4 is 28.8 Å². The molecule has 0 fully saturated rings. The maximum atomic E-state index is 12.9. The minimum Gasteiger partial charge on any atom is -0.358 e. The third kappa shape index (κ3) is 3.89. The number of hydrogen-bond donors (Lipinski definition) is 4. The summed E-state index contributed by atoms with van der Waals surface area (Å²) in [6.45, 7) is 1.75. The molecule has 34 heavy (non-hydrogen) atoms. The lowest BCUT2D eigenvalue weighted by Gasteiger charge is -2.19. The monoisotopic (exact) mass is 472 g/mol. The van der Waals surface area contributed by atoms with Gasteiger partial charge in [-0.25, -0.2) is 19.7 Å². The van der Waals surface area contributed by atoms with E-state index in [4.69, 9.17) is 4.52 Å². The standard InChI is InChI=1S/C20H15F3N8O3/c1-8(27-18(32)15-10-6-24-19(33)30-16(10)26-7-25-15)14-5-13(31-34-14)17-28-11-3-2-9(20(21,22)23)4-12(11)29-17/h2-5,7-8H,6H2,1H3,(H,27,32)(H,28,29)(H2,24,25,26,30,33)/t8-/m1/s1. The summed E-state index contributed by atoms with van der Waals surface area (Å²) in [5, 5.41) is 11.7. The van der Waals surface area contributed by atoms with E-state index in [-0.39, 0.29) is 40.9 Å². The van der Waals surface area contributed by atoms with E-state index in [9.17, 15) is 22.8 Å². The van der Waals surface area contributed by atoms with Crippen molar-refractivity contribution < 1.29 is 27.3 Å². The molecule has 0 spiro atoms. The molecule has 5 rings (SSSR count). The van der Waals surface area contributed by atoms with E-state index in [0.717, 1.165) is 12.1 Å². The van der Waals surface area contributed by atoms with Crippen LogP contribution in [-0.4, -0.2) is 37.0 Å². The number of hydrogen-bond acceptors (Lipinski definition) is 7. The van der Waals surface area contributed by atoms with Crippen LogP contribution >= 0.6 is 0 Å². The molecule has 4 heterocycles. The fraction of sp³-hybridized carbons (Fsp3) is 0.200. The molecule has 4 aromatic rings. The van der Waals surface area contributed by atoms with Gasteiger partial charge in [0.2, 0.25) is 0 Å².